The van der Waals surface area contributed by atoms with E-state index >= 15 is 0 Å². The number of imide groups is 1. The monoisotopic (exact) mass is 541 g/mol. The standard InChI is InChI=1S/C29H29Cl2NO3S/c1-2-35-25-7-6-21(29-13-17-8-18(14-29)10-19(9-17)15-29)11-20(25)12-26-27(33)32(28(34)36-26)16-22-23(30)4-3-5-24(22)31/h3-7,11-12,17-19H,2,8-10,13-16H2,1H3/b26-12-. The highest BCUT2D eigenvalue weighted by Crippen LogP contribution is 2.61. The van der Waals surface area contributed by atoms with E-state index in [0.717, 1.165) is 40.8 Å². The van der Waals surface area contributed by atoms with E-state index in [1.54, 1.807) is 18.2 Å². The zero-order valence-corrected chi connectivity index (χ0v) is 22.6. The molecule has 5 aliphatic rings. The fourth-order valence-corrected chi connectivity index (χ4v) is 8.71. The smallest absolute Gasteiger partial charge is 0.293 e. The van der Waals surface area contributed by atoms with Crippen molar-refractivity contribution >= 4 is 52.2 Å². The first-order chi connectivity index (χ1) is 17.3. The minimum Gasteiger partial charge on any atom is -0.493 e. The van der Waals surface area contributed by atoms with Crippen LogP contribution in [0.3, 0.4) is 0 Å². The molecule has 188 valence electrons. The molecule has 0 radical (unpaired) electrons. The van der Waals surface area contributed by atoms with E-state index in [1.807, 2.05) is 13.0 Å². The number of hydrogen-bond donors (Lipinski definition) is 0. The van der Waals surface area contributed by atoms with Crippen LogP contribution >= 0.6 is 35.0 Å². The highest BCUT2D eigenvalue weighted by Gasteiger charge is 2.51. The van der Waals surface area contributed by atoms with Crippen molar-refractivity contribution in [3.05, 3.63) is 68.0 Å². The van der Waals surface area contributed by atoms with Crippen LogP contribution in [0.25, 0.3) is 6.08 Å². The summed E-state index contributed by atoms with van der Waals surface area (Å²) in [6, 6.07) is 11.7. The Morgan fingerprint density at radius 3 is 2.28 bits per heavy atom. The topological polar surface area (TPSA) is 46.6 Å². The molecule has 2 amide bonds. The average molecular weight is 543 g/mol. The molecule has 4 saturated carbocycles. The third-order valence-electron chi connectivity index (χ3n) is 8.50. The second-order valence-electron chi connectivity index (χ2n) is 10.9. The largest absolute Gasteiger partial charge is 0.493 e. The first-order valence-corrected chi connectivity index (χ1v) is 14.4. The molecule has 4 nitrogen and oxygen atoms in total. The van der Waals surface area contributed by atoms with Crippen LogP contribution in [0.4, 0.5) is 4.79 Å². The van der Waals surface area contributed by atoms with E-state index in [-0.39, 0.29) is 23.1 Å². The maximum atomic E-state index is 13.3. The molecular formula is C29H29Cl2NO3S. The van der Waals surface area contributed by atoms with Crippen molar-refractivity contribution in [3.8, 4) is 5.75 Å². The molecule has 7 rings (SSSR count). The van der Waals surface area contributed by atoms with E-state index in [2.05, 4.69) is 18.2 Å². The van der Waals surface area contributed by atoms with Crippen molar-refractivity contribution in [2.24, 2.45) is 17.8 Å². The van der Waals surface area contributed by atoms with Gasteiger partial charge in [-0.2, -0.15) is 0 Å². The van der Waals surface area contributed by atoms with Gasteiger partial charge in [0.2, 0.25) is 0 Å². The molecule has 1 aliphatic heterocycles. The van der Waals surface area contributed by atoms with Crippen LogP contribution < -0.4 is 4.74 Å². The van der Waals surface area contributed by atoms with Gasteiger partial charge in [0.25, 0.3) is 11.1 Å². The van der Waals surface area contributed by atoms with Crippen molar-refractivity contribution in [2.45, 2.75) is 57.4 Å². The summed E-state index contributed by atoms with van der Waals surface area (Å²) in [7, 11) is 0. The van der Waals surface area contributed by atoms with Gasteiger partial charge in [-0.3, -0.25) is 14.5 Å². The van der Waals surface area contributed by atoms with E-state index in [1.165, 1.54) is 49.0 Å². The van der Waals surface area contributed by atoms with Crippen LogP contribution in [0.15, 0.2) is 41.3 Å². The number of ether oxygens (including phenoxy) is 1. The minimum absolute atomic E-state index is 0.0478. The predicted molar refractivity (Wildman–Crippen MR) is 145 cm³/mol. The van der Waals surface area contributed by atoms with Crippen molar-refractivity contribution in [3.63, 3.8) is 0 Å². The van der Waals surface area contributed by atoms with Crippen LogP contribution in [0.1, 0.15) is 62.1 Å². The number of carbonyl (C=O) groups is 2. The number of thioether (sulfide) groups is 1. The predicted octanol–water partition coefficient (Wildman–Crippen LogP) is 8.10. The van der Waals surface area contributed by atoms with Crippen molar-refractivity contribution in [2.75, 3.05) is 6.61 Å². The Kier molecular flexibility index (Phi) is 6.38. The van der Waals surface area contributed by atoms with Crippen molar-refractivity contribution in [1.29, 1.82) is 0 Å². The van der Waals surface area contributed by atoms with Crippen LogP contribution in [-0.2, 0) is 16.8 Å². The summed E-state index contributed by atoms with van der Waals surface area (Å²) in [5, 5.41) is 0.553. The Morgan fingerprint density at radius 2 is 1.67 bits per heavy atom. The quantitative estimate of drug-likeness (QED) is 0.346. The zero-order chi connectivity index (χ0) is 25.0. The maximum absolute atomic E-state index is 13.3. The molecule has 36 heavy (non-hydrogen) atoms. The van der Waals surface area contributed by atoms with E-state index in [0.29, 0.717) is 27.1 Å². The molecule has 2 aromatic carbocycles. The minimum atomic E-state index is -0.330. The van der Waals surface area contributed by atoms with Gasteiger partial charge >= 0.3 is 0 Å². The van der Waals surface area contributed by atoms with Crippen LogP contribution in [0.2, 0.25) is 10.0 Å². The van der Waals surface area contributed by atoms with Gasteiger partial charge in [-0.1, -0.05) is 35.3 Å². The second kappa shape index (κ2) is 9.41. The molecular weight excluding hydrogens is 513 g/mol. The Labute approximate surface area is 226 Å². The SMILES string of the molecule is CCOc1ccc(C23CC4CC(CC(C4)C2)C3)cc1/C=C1\SC(=O)N(Cc2c(Cl)cccc2Cl)C1=O. The molecule has 5 fully saturated rings. The van der Waals surface area contributed by atoms with Gasteiger partial charge in [-0.25, -0.2) is 0 Å². The molecule has 1 heterocycles. The van der Waals surface area contributed by atoms with E-state index in [4.69, 9.17) is 27.9 Å². The fourth-order valence-electron chi connectivity index (χ4n) is 7.36. The molecule has 0 N–H and O–H groups in total. The summed E-state index contributed by atoms with van der Waals surface area (Å²) in [6.45, 7) is 2.54. The molecule has 7 heteroatoms. The Bertz CT molecular complexity index is 1220. The van der Waals surface area contributed by atoms with E-state index < -0.39 is 0 Å². The Balaban J connectivity index is 1.32. The highest BCUT2D eigenvalue weighted by atomic mass is 35.5. The second-order valence-corrected chi connectivity index (χ2v) is 12.7. The normalized spacial score (nSPS) is 30.0. The lowest BCUT2D eigenvalue weighted by Crippen LogP contribution is -2.48. The van der Waals surface area contributed by atoms with Gasteiger partial charge < -0.3 is 4.74 Å². The van der Waals surface area contributed by atoms with Gasteiger partial charge in [0, 0.05) is 21.2 Å². The molecule has 0 atom stereocenters. The summed E-state index contributed by atoms with van der Waals surface area (Å²) in [5.74, 6) is 2.95. The number of carbonyl (C=O) groups excluding carboxylic acids is 2. The maximum Gasteiger partial charge on any atom is 0.293 e. The molecule has 4 bridgehead atoms. The lowest BCUT2D eigenvalue weighted by Gasteiger charge is -2.57. The van der Waals surface area contributed by atoms with Gasteiger partial charge in [-0.05, 0) is 116 Å². The van der Waals surface area contributed by atoms with Gasteiger partial charge in [0.1, 0.15) is 5.75 Å². The number of rotatable bonds is 6. The van der Waals surface area contributed by atoms with Crippen molar-refractivity contribution < 1.29 is 14.3 Å². The summed E-state index contributed by atoms with van der Waals surface area (Å²) >= 11 is 13.6. The lowest BCUT2D eigenvalue weighted by molar-refractivity contribution is -0.123. The summed E-state index contributed by atoms with van der Waals surface area (Å²) < 4.78 is 5.94. The molecule has 1 saturated heterocycles. The summed E-state index contributed by atoms with van der Waals surface area (Å²) in [4.78, 5) is 27.8. The zero-order valence-electron chi connectivity index (χ0n) is 20.3. The van der Waals surface area contributed by atoms with Crippen LogP contribution in [0.5, 0.6) is 5.75 Å². The number of benzene rings is 2. The van der Waals surface area contributed by atoms with Gasteiger partial charge in [0.05, 0.1) is 18.1 Å². The fraction of sp³-hybridized carbons (Fsp3) is 0.448. The third kappa shape index (κ3) is 4.27. The van der Waals surface area contributed by atoms with Crippen LogP contribution in [-0.4, -0.2) is 22.7 Å². The molecule has 4 aliphatic carbocycles. The molecule has 0 spiro atoms. The Hall–Kier alpha value is -1.95. The highest BCUT2D eigenvalue weighted by molar-refractivity contribution is 8.18. The first kappa shape index (κ1) is 24.4. The average Bonchev–Trinajstić information content (AvgIpc) is 3.09. The van der Waals surface area contributed by atoms with Gasteiger partial charge in [0.15, 0.2) is 0 Å². The molecule has 0 aromatic heterocycles. The van der Waals surface area contributed by atoms with Crippen molar-refractivity contribution in [1.82, 2.24) is 4.90 Å². The number of halogens is 2. The van der Waals surface area contributed by atoms with Gasteiger partial charge in [-0.15, -0.1) is 0 Å². The van der Waals surface area contributed by atoms with Crippen LogP contribution in [0, 0.1) is 17.8 Å². The molecule has 0 unspecified atom stereocenters. The number of hydrogen-bond acceptors (Lipinski definition) is 4. The molecule has 2 aromatic rings. The summed E-state index contributed by atoms with van der Waals surface area (Å²) in [6.07, 6.45) is 9.81. The third-order valence-corrected chi connectivity index (χ3v) is 10.1. The first-order valence-electron chi connectivity index (χ1n) is 12.8. The number of nitrogens with zero attached hydrogens (tertiary/aromatic N) is 1. The lowest BCUT2D eigenvalue weighted by atomic mass is 9.48. The number of amides is 2. The van der Waals surface area contributed by atoms with E-state index in [9.17, 15) is 9.59 Å². The Morgan fingerprint density at radius 1 is 1.03 bits per heavy atom. The summed E-state index contributed by atoms with van der Waals surface area (Å²) in [5.41, 5.74) is 3.04.